The standard InChI is InChI=1S/C30H37N3O/c1-23-32(22-24-11-5-2-6-12-24)19-20-33(23)28-18-17-27(21-28)30(29(31)34,25-13-7-3-8-14-25)26-15-9-4-10-16-26/h3-4,7-10,13-16,19-20,24,27-28H,2,5-6,11-12,17-18,21-22H2,1H3,(H-,31,34)/p+1/t27-,28+/m1/s1. The zero-order valence-electron chi connectivity index (χ0n) is 20.4. The minimum absolute atomic E-state index is 0.161. The molecule has 2 N–H and O–H groups in total. The molecule has 2 fully saturated rings. The van der Waals surface area contributed by atoms with Crippen molar-refractivity contribution >= 4 is 5.91 Å². The Balaban J connectivity index is 1.45. The number of hydrogen-bond acceptors (Lipinski definition) is 1. The number of rotatable bonds is 7. The van der Waals surface area contributed by atoms with Crippen LogP contribution in [0.3, 0.4) is 0 Å². The zero-order chi connectivity index (χ0) is 23.5. The second kappa shape index (κ2) is 9.77. The molecule has 4 nitrogen and oxygen atoms in total. The van der Waals surface area contributed by atoms with E-state index in [1.807, 2.05) is 36.4 Å². The normalized spacial score (nSPS) is 21.6. The Kier molecular flexibility index (Phi) is 6.58. The molecule has 0 saturated heterocycles. The third-order valence-electron chi connectivity index (χ3n) is 8.63. The number of amides is 1. The topological polar surface area (TPSA) is 51.9 Å². The van der Waals surface area contributed by atoms with Gasteiger partial charge in [0.1, 0.15) is 23.9 Å². The van der Waals surface area contributed by atoms with E-state index in [1.165, 1.54) is 37.9 Å². The fourth-order valence-corrected chi connectivity index (χ4v) is 6.87. The molecular formula is C30H38N3O+. The second-order valence-corrected chi connectivity index (χ2v) is 10.5. The van der Waals surface area contributed by atoms with Crippen LogP contribution >= 0.6 is 0 Å². The van der Waals surface area contributed by atoms with Crippen molar-refractivity contribution in [1.29, 1.82) is 0 Å². The molecule has 0 spiro atoms. The van der Waals surface area contributed by atoms with E-state index < -0.39 is 5.41 Å². The maximum atomic E-state index is 13.4. The van der Waals surface area contributed by atoms with Crippen molar-refractivity contribution < 1.29 is 9.36 Å². The summed E-state index contributed by atoms with van der Waals surface area (Å²) in [5, 5.41) is 0. The monoisotopic (exact) mass is 456 g/mol. The molecule has 5 rings (SSSR count). The van der Waals surface area contributed by atoms with E-state index in [1.54, 1.807) is 0 Å². The molecule has 178 valence electrons. The Hall–Kier alpha value is -2.88. The number of benzene rings is 2. The molecule has 0 radical (unpaired) electrons. The number of imidazole rings is 1. The fourth-order valence-electron chi connectivity index (χ4n) is 6.87. The highest BCUT2D eigenvalue weighted by Crippen LogP contribution is 2.50. The molecule has 2 atom stereocenters. The molecule has 2 saturated carbocycles. The Morgan fingerprint density at radius 3 is 2.15 bits per heavy atom. The summed E-state index contributed by atoms with van der Waals surface area (Å²) in [4.78, 5) is 13.4. The van der Waals surface area contributed by atoms with Crippen LogP contribution in [0.4, 0.5) is 0 Å². The number of hydrogen-bond donors (Lipinski definition) is 1. The lowest BCUT2D eigenvalue weighted by Crippen LogP contribution is -2.47. The number of carbonyl (C=O) groups is 1. The first-order valence-corrected chi connectivity index (χ1v) is 13.1. The highest BCUT2D eigenvalue weighted by atomic mass is 16.1. The summed E-state index contributed by atoms with van der Waals surface area (Å²) >= 11 is 0. The Morgan fingerprint density at radius 1 is 0.941 bits per heavy atom. The molecule has 0 unspecified atom stereocenters. The van der Waals surface area contributed by atoms with Crippen LogP contribution in [0.25, 0.3) is 0 Å². The van der Waals surface area contributed by atoms with E-state index in [2.05, 4.69) is 52.7 Å². The van der Waals surface area contributed by atoms with E-state index in [0.717, 1.165) is 42.9 Å². The third kappa shape index (κ3) is 4.08. The van der Waals surface area contributed by atoms with Gasteiger partial charge in [0.15, 0.2) is 0 Å². The van der Waals surface area contributed by atoms with Gasteiger partial charge in [-0.15, -0.1) is 0 Å². The quantitative estimate of drug-likeness (QED) is 0.471. The van der Waals surface area contributed by atoms with Crippen LogP contribution in [0.2, 0.25) is 0 Å². The van der Waals surface area contributed by atoms with E-state index in [4.69, 9.17) is 5.73 Å². The number of carbonyl (C=O) groups excluding carboxylic acids is 1. The summed E-state index contributed by atoms with van der Waals surface area (Å²) in [5.41, 5.74) is 7.50. The van der Waals surface area contributed by atoms with Crippen LogP contribution in [-0.2, 0) is 16.8 Å². The molecule has 34 heavy (non-hydrogen) atoms. The van der Waals surface area contributed by atoms with Gasteiger partial charge in [-0.05, 0) is 55.1 Å². The molecule has 0 aliphatic heterocycles. The van der Waals surface area contributed by atoms with Crippen molar-refractivity contribution in [2.45, 2.75) is 76.3 Å². The van der Waals surface area contributed by atoms with Crippen molar-refractivity contribution in [3.63, 3.8) is 0 Å². The van der Waals surface area contributed by atoms with Crippen molar-refractivity contribution in [1.82, 2.24) is 4.57 Å². The van der Waals surface area contributed by atoms with Crippen molar-refractivity contribution in [3.05, 3.63) is 90.0 Å². The minimum atomic E-state index is -0.809. The molecule has 0 bridgehead atoms. The smallest absolute Gasteiger partial charge is 0.253 e. The molecule has 2 aromatic carbocycles. The van der Waals surface area contributed by atoms with Crippen LogP contribution in [0.15, 0.2) is 73.1 Å². The van der Waals surface area contributed by atoms with Gasteiger partial charge in [-0.3, -0.25) is 4.79 Å². The van der Waals surface area contributed by atoms with Crippen molar-refractivity contribution in [2.24, 2.45) is 17.6 Å². The first kappa shape index (κ1) is 22.9. The summed E-state index contributed by atoms with van der Waals surface area (Å²) in [6.45, 7) is 3.39. The molecule has 1 aromatic heterocycles. The summed E-state index contributed by atoms with van der Waals surface area (Å²) < 4.78 is 4.92. The highest BCUT2D eigenvalue weighted by Gasteiger charge is 2.51. The van der Waals surface area contributed by atoms with Gasteiger partial charge >= 0.3 is 0 Å². The van der Waals surface area contributed by atoms with Crippen LogP contribution in [0.5, 0.6) is 0 Å². The minimum Gasteiger partial charge on any atom is -0.369 e. The van der Waals surface area contributed by atoms with Gasteiger partial charge in [0, 0.05) is 6.92 Å². The maximum Gasteiger partial charge on any atom is 0.253 e. The lowest BCUT2D eigenvalue weighted by Gasteiger charge is -2.37. The Morgan fingerprint density at radius 2 is 1.56 bits per heavy atom. The van der Waals surface area contributed by atoms with Crippen molar-refractivity contribution in [3.8, 4) is 0 Å². The Labute approximate surface area is 203 Å². The average Bonchev–Trinajstić information content (AvgIpc) is 3.49. The van der Waals surface area contributed by atoms with Gasteiger partial charge < -0.3 is 5.73 Å². The van der Waals surface area contributed by atoms with Gasteiger partial charge in [-0.25, -0.2) is 9.13 Å². The molecule has 2 aliphatic rings. The number of nitrogens with two attached hydrogens (primary N) is 1. The van der Waals surface area contributed by atoms with Crippen LogP contribution in [0.1, 0.15) is 74.4 Å². The molecule has 4 heteroatoms. The van der Waals surface area contributed by atoms with E-state index in [-0.39, 0.29) is 11.8 Å². The summed E-state index contributed by atoms with van der Waals surface area (Å²) in [6, 6.07) is 20.8. The highest BCUT2D eigenvalue weighted by molar-refractivity contribution is 5.91. The third-order valence-corrected chi connectivity index (χ3v) is 8.63. The summed E-state index contributed by atoms with van der Waals surface area (Å²) in [6.07, 6.45) is 14.4. The van der Waals surface area contributed by atoms with Gasteiger partial charge in [0.05, 0.1) is 6.54 Å². The average molecular weight is 457 g/mol. The van der Waals surface area contributed by atoms with Crippen LogP contribution in [-0.4, -0.2) is 10.5 Å². The molecule has 3 aromatic rings. The van der Waals surface area contributed by atoms with E-state index in [0.29, 0.717) is 6.04 Å². The van der Waals surface area contributed by atoms with Gasteiger partial charge in [-0.1, -0.05) is 79.9 Å². The first-order chi connectivity index (χ1) is 16.6. The summed E-state index contributed by atoms with van der Waals surface area (Å²) in [7, 11) is 0. The second-order valence-electron chi connectivity index (χ2n) is 10.5. The van der Waals surface area contributed by atoms with Crippen molar-refractivity contribution in [2.75, 3.05) is 0 Å². The predicted molar refractivity (Wildman–Crippen MR) is 135 cm³/mol. The van der Waals surface area contributed by atoms with Gasteiger partial charge in [-0.2, -0.15) is 0 Å². The fraction of sp³-hybridized carbons (Fsp3) is 0.467. The number of aromatic nitrogens is 2. The van der Waals surface area contributed by atoms with Crippen LogP contribution < -0.4 is 10.3 Å². The maximum absolute atomic E-state index is 13.4. The van der Waals surface area contributed by atoms with Gasteiger partial charge in [0.2, 0.25) is 5.91 Å². The number of primary amides is 1. The SMILES string of the molecule is Cc1n([C@H]2CC[C@@H](C(C(N)=O)(c3ccccc3)c3ccccc3)C2)cc[n+]1CC1CCCCC1. The van der Waals surface area contributed by atoms with E-state index >= 15 is 0 Å². The molecule has 1 heterocycles. The van der Waals surface area contributed by atoms with Crippen LogP contribution in [0, 0.1) is 18.8 Å². The van der Waals surface area contributed by atoms with Gasteiger partial charge in [0.25, 0.3) is 5.82 Å². The molecule has 2 aliphatic carbocycles. The first-order valence-electron chi connectivity index (χ1n) is 13.1. The molecular weight excluding hydrogens is 418 g/mol. The summed E-state index contributed by atoms with van der Waals surface area (Å²) in [5.74, 6) is 2.06. The zero-order valence-corrected chi connectivity index (χ0v) is 20.4. The molecule has 1 amide bonds. The predicted octanol–water partition coefficient (Wildman–Crippen LogP) is 5.48. The van der Waals surface area contributed by atoms with E-state index in [9.17, 15) is 4.79 Å². The largest absolute Gasteiger partial charge is 0.369 e. The lowest BCUT2D eigenvalue weighted by molar-refractivity contribution is -0.709. The Bertz CT molecular complexity index is 1060. The lowest BCUT2D eigenvalue weighted by atomic mass is 9.64. The number of nitrogens with zero attached hydrogens (tertiary/aromatic N) is 2.